The molecule has 0 aromatic heterocycles. The van der Waals surface area contributed by atoms with Crippen LogP contribution in [-0.2, 0) is 25.5 Å². The largest absolute Gasteiger partial charge is 0.459 e. The fourth-order valence-corrected chi connectivity index (χ4v) is 2.38. The van der Waals surface area contributed by atoms with E-state index in [-0.39, 0.29) is 13.0 Å². The molecule has 0 saturated heterocycles. The van der Waals surface area contributed by atoms with E-state index in [0.29, 0.717) is 5.56 Å². The van der Waals surface area contributed by atoms with Crippen LogP contribution in [-0.4, -0.2) is 35.6 Å². The molecule has 124 valence electrons. The summed E-state index contributed by atoms with van der Waals surface area (Å²) in [5, 5.41) is 2.48. The quantitative estimate of drug-likeness (QED) is 0.856. The van der Waals surface area contributed by atoms with E-state index in [1.54, 1.807) is 45.0 Å². The lowest BCUT2D eigenvalue weighted by Gasteiger charge is -2.33. The van der Waals surface area contributed by atoms with Crippen molar-refractivity contribution in [2.45, 2.75) is 45.3 Å². The number of carbonyl (C=O) groups excluding carboxylic acids is 3. The zero-order valence-electron chi connectivity index (χ0n) is 13.8. The predicted octanol–water partition coefficient (Wildman–Crippen LogP) is 1.62. The van der Waals surface area contributed by atoms with Crippen molar-refractivity contribution in [3.8, 4) is 0 Å². The van der Waals surface area contributed by atoms with E-state index >= 15 is 0 Å². The summed E-state index contributed by atoms with van der Waals surface area (Å²) in [5.41, 5.74) is -0.751. The maximum absolute atomic E-state index is 12.3. The maximum Gasteiger partial charge on any atom is 0.339 e. The van der Waals surface area contributed by atoms with Gasteiger partial charge in [-0.25, -0.2) is 4.79 Å². The average Bonchev–Trinajstić information content (AvgIpc) is 2.42. The molecular formula is C17H21NO5. The number of hydrogen-bond acceptors (Lipinski definition) is 5. The van der Waals surface area contributed by atoms with E-state index in [4.69, 9.17) is 9.47 Å². The van der Waals surface area contributed by atoms with E-state index < -0.39 is 29.0 Å². The first-order chi connectivity index (χ1) is 10.6. The summed E-state index contributed by atoms with van der Waals surface area (Å²) in [7, 11) is 0. The minimum atomic E-state index is -1.34. The van der Waals surface area contributed by atoms with Gasteiger partial charge in [0.15, 0.2) is 5.60 Å². The summed E-state index contributed by atoms with van der Waals surface area (Å²) < 4.78 is 10.4. The number of cyclic esters (lactones) is 1. The number of carbonyl (C=O) groups is 3. The molecule has 1 aromatic rings. The molecule has 0 saturated carbocycles. The highest BCUT2D eigenvalue weighted by molar-refractivity contribution is 5.98. The van der Waals surface area contributed by atoms with Crippen LogP contribution < -0.4 is 5.32 Å². The van der Waals surface area contributed by atoms with E-state index in [1.165, 1.54) is 6.92 Å². The predicted molar refractivity (Wildman–Crippen MR) is 82.8 cm³/mol. The van der Waals surface area contributed by atoms with Crippen molar-refractivity contribution in [2.75, 3.05) is 6.54 Å². The summed E-state index contributed by atoms with van der Waals surface area (Å²) >= 11 is 0. The highest BCUT2D eigenvalue weighted by Gasteiger charge is 2.42. The third-order valence-corrected chi connectivity index (χ3v) is 3.38. The lowest BCUT2D eigenvalue weighted by molar-refractivity contribution is -0.156. The molecule has 1 N–H and O–H groups in total. The molecule has 0 radical (unpaired) electrons. The number of rotatable bonds is 3. The van der Waals surface area contributed by atoms with Crippen LogP contribution >= 0.6 is 0 Å². The van der Waals surface area contributed by atoms with Crippen LogP contribution in [0.3, 0.4) is 0 Å². The first kappa shape index (κ1) is 17.0. The van der Waals surface area contributed by atoms with E-state index in [9.17, 15) is 14.4 Å². The van der Waals surface area contributed by atoms with Crippen molar-refractivity contribution in [1.82, 2.24) is 5.32 Å². The Morgan fingerprint density at radius 1 is 1.30 bits per heavy atom. The van der Waals surface area contributed by atoms with Gasteiger partial charge in [-0.05, 0) is 39.3 Å². The van der Waals surface area contributed by atoms with E-state index in [2.05, 4.69) is 5.32 Å². The van der Waals surface area contributed by atoms with Crippen molar-refractivity contribution < 1.29 is 23.9 Å². The molecule has 0 spiro atoms. The Morgan fingerprint density at radius 3 is 2.61 bits per heavy atom. The first-order valence-electron chi connectivity index (χ1n) is 7.42. The number of esters is 2. The SMILES string of the molecule is CC(C)(C)OC(=O)CNC(=O)[C@@]1(C)Cc2ccccc2C(=O)O1. The molecule has 0 fully saturated rings. The molecule has 0 bridgehead atoms. The van der Waals surface area contributed by atoms with Crippen molar-refractivity contribution in [2.24, 2.45) is 0 Å². The van der Waals surface area contributed by atoms with Gasteiger partial charge in [-0.15, -0.1) is 0 Å². The third-order valence-electron chi connectivity index (χ3n) is 3.38. The van der Waals surface area contributed by atoms with Crippen molar-refractivity contribution in [1.29, 1.82) is 0 Å². The average molecular weight is 319 g/mol. The van der Waals surface area contributed by atoms with Gasteiger partial charge in [0.1, 0.15) is 12.1 Å². The van der Waals surface area contributed by atoms with Crippen molar-refractivity contribution in [3.05, 3.63) is 35.4 Å². The normalized spacial score (nSPS) is 20.3. The Kier molecular flexibility index (Phi) is 4.45. The van der Waals surface area contributed by atoms with Crippen LogP contribution in [0.4, 0.5) is 0 Å². The summed E-state index contributed by atoms with van der Waals surface area (Å²) in [6.07, 6.45) is 0.259. The Labute approximate surface area is 135 Å². The number of ether oxygens (including phenoxy) is 2. The van der Waals surface area contributed by atoms with Crippen LogP contribution in [0.25, 0.3) is 0 Å². The number of benzene rings is 1. The van der Waals surface area contributed by atoms with Crippen molar-refractivity contribution >= 4 is 17.8 Å². The van der Waals surface area contributed by atoms with Crippen LogP contribution in [0, 0.1) is 0 Å². The van der Waals surface area contributed by atoms with Gasteiger partial charge in [0.2, 0.25) is 0 Å². The molecule has 1 aliphatic heterocycles. The van der Waals surface area contributed by atoms with Gasteiger partial charge in [-0.1, -0.05) is 18.2 Å². The Balaban J connectivity index is 2.03. The summed E-state index contributed by atoms with van der Waals surface area (Å²) in [6, 6.07) is 6.99. The molecule has 2 rings (SSSR count). The molecule has 6 nitrogen and oxygen atoms in total. The van der Waals surface area contributed by atoms with Gasteiger partial charge in [0.25, 0.3) is 5.91 Å². The molecule has 1 amide bonds. The van der Waals surface area contributed by atoms with Crippen LogP contribution in [0.1, 0.15) is 43.6 Å². The van der Waals surface area contributed by atoms with Crippen molar-refractivity contribution in [3.63, 3.8) is 0 Å². The zero-order chi connectivity index (χ0) is 17.3. The number of fused-ring (bicyclic) bond motifs is 1. The van der Waals surface area contributed by atoms with Gasteiger partial charge in [-0.2, -0.15) is 0 Å². The summed E-state index contributed by atoms with van der Waals surface area (Å²) in [5.74, 6) is -1.61. The third kappa shape index (κ3) is 4.09. The minimum absolute atomic E-state index is 0.259. The molecule has 0 aliphatic carbocycles. The minimum Gasteiger partial charge on any atom is -0.459 e. The second-order valence-corrected chi connectivity index (χ2v) is 6.72. The number of nitrogens with one attached hydrogen (secondary N) is 1. The Hall–Kier alpha value is -2.37. The molecule has 0 unspecified atom stereocenters. The maximum atomic E-state index is 12.3. The number of hydrogen-bond donors (Lipinski definition) is 1. The molecule has 1 heterocycles. The second-order valence-electron chi connectivity index (χ2n) is 6.72. The monoisotopic (exact) mass is 319 g/mol. The second kappa shape index (κ2) is 6.02. The molecule has 1 aromatic carbocycles. The summed E-state index contributed by atoms with van der Waals surface area (Å²) in [6.45, 7) is 6.49. The van der Waals surface area contributed by atoms with Crippen LogP contribution in [0.15, 0.2) is 24.3 Å². The fourth-order valence-electron chi connectivity index (χ4n) is 2.38. The highest BCUT2D eigenvalue weighted by Crippen LogP contribution is 2.28. The Bertz CT molecular complexity index is 647. The molecule has 1 atom stereocenters. The summed E-state index contributed by atoms with van der Waals surface area (Å²) in [4.78, 5) is 36.1. The fraction of sp³-hybridized carbons (Fsp3) is 0.471. The van der Waals surface area contributed by atoms with E-state index in [1.807, 2.05) is 0 Å². The smallest absolute Gasteiger partial charge is 0.339 e. The molecule has 6 heteroatoms. The molecular weight excluding hydrogens is 298 g/mol. The molecule has 23 heavy (non-hydrogen) atoms. The standard InChI is InChI=1S/C17H21NO5/c1-16(2,3)22-13(19)10-18-15(21)17(4)9-11-7-5-6-8-12(11)14(20)23-17/h5-8H,9-10H2,1-4H3,(H,18,21)/t17-/m1/s1. The van der Waals surface area contributed by atoms with Gasteiger partial charge in [-0.3, -0.25) is 9.59 Å². The Morgan fingerprint density at radius 2 is 1.96 bits per heavy atom. The lowest BCUT2D eigenvalue weighted by Crippen LogP contribution is -2.52. The zero-order valence-corrected chi connectivity index (χ0v) is 13.8. The number of amides is 1. The lowest BCUT2D eigenvalue weighted by atomic mass is 9.89. The first-order valence-corrected chi connectivity index (χ1v) is 7.42. The van der Waals surface area contributed by atoms with Gasteiger partial charge >= 0.3 is 11.9 Å². The van der Waals surface area contributed by atoms with Gasteiger partial charge in [0, 0.05) is 6.42 Å². The topological polar surface area (TPSA) is 81.7 Å². The highest BCUT2D eigenvalue weighted by atomic mass is 16.6. The van der Waals surface area contributed by atoms with Gasteiger partial charge in [0.05, 0.1) is 5.56 Å². The van der Waals surface area contributed by atoms with Gasteiger partial charge < -0.3 is 14.8 Å². The van der Waals surface area contributed by atoms with Crippen LogP contribution in [0.5, 0.6) is 0 Å². The van der Waals surface area contributed by atoms with Crippen LogP contribution in [0.2, 0.25) is 0 Å². The molecule has 1 aliphatic rings. The van der Waals surface area contributed by atoms with E-state index in [0.717, 1.165) is 5.56 Å².